The number of Topliss-reactive ketones (excluding diaryl/α,β-unsaturated/α-hetero) is 2. The number of aliphatic hydroxyl groups is 1. The van der Waals surface area contributed by atoms with Gasteiger partial charge in [-0.25, -0.2) is 4.79 Å². The van der Waals surface area contributed by atoms with Crippen molar-refractivity contribution >= 4 is 23.6 Å². The molecule has 0 aliphatic carbocycles. The van der Waals surface area contributed by atoms with E-state index in [1.807, 2.05) is 37.3 Å². The van der Waals surface area contributed by atoms with Crippen molar-refractivity contribution < 1.29 is 38.4 Å². The lowest BCUT2D eigenvalue weighted by molar-refractivity contribution is -0.151. The summed E-state index contributed by atoms with van der Waals surface area (Å²) < 4.78 is 22.4. The van der Waals surface area contributed by atoms with Crippen LogP contribution in [0.4, 0.5) is 0 Å². The van der Waals surface area contributed by atoms with Gasteiger partial charge in [-0.1, -0.05) is 50.1 Å². The second-order valence-corrected chi connectivity index (χ2v) is 9.99. The minimum Gasteiger partial charge on any atom is -0.462 e. The first-order valence-corrected chi connectivity index (χ1v) is 14.1. The summed E-state index contributed by atoms with van der Waals surface area (Å²) in [6.45, 7) is 4.79. The zero-order chi connectivity index (χ0) is 28.8. The molecule has 0 aliphatic heterocycles. The Bertz CT molecular complexity index is 838. The predicted molar refractivity (Wildman–Crippen MR) is 151 cm³/mol. The Morgan fingerprint density at radius 3 is 2.36 bits per heavy atom. The zero-order valence-corrected chi connectivity index (χ0v) is 24.0. The van der Waals surface area contributed by atoms with Gasteiger partial charge in [-0.2, -0.15) is 0 Å². The van der Waals surface area contributed by atoms with Crippen molar-refractivity contribution in [3.8, 4) is 0 Å². The molecule has 0 radical (unpaired) electrons. The minimum absolute atomic E-state index is 0.00898. The predicted octanol–water partition coefficient (Wildman–Crippen LogP) is 4.96. The highest BCUT2D eigenvalue weighted by Gasteiger charge is 2.33. The third-order valence-corrected chi connectivity index (χ3v) is 6.63. The number of methoxy groups -OCH3 is 1. The first kappa shape index (κ1) is 34.6. The number of carbonyl (C=O) groups is 3. The fraction of sp³-hybridized carbons (Fsp3) is 0.645. The molecule has 0 aromatic heterocycles. The molecule has 0 saturated carbocycles. The molecule has 1 aromatic rings. The van der Waals surface area contributed by atoms with Crippen LogP contribution >= 0.6 is 0 Å². The fourth-order valence-corrected chi connectivity index (χ4v) is 3.82. The molecular weight excluding hydrogens is 500 g/mol. The maximum Gasteiger partial charge on any atom is 0.330 e. The average Bonchev–Trinajstić information content (AvgIpc) is 2.95. The average molecular weight is 549 g/mol. The van der Waals surface area contributed by atoms with E-state index in [1.54, 1.807) is 20.1 Å². The molecule has 2 unspecified atom stereocenters. The summed E-state index contributed by atoms with van der Waals surface area (Å²) in [6.07, 6.45) is 8.63. The quantitative estimate of drug-likeness (QED) is 0.110. The Morgan fingerprint density at radius 2 is 1.67 bits per heavy atom. The van der Waals surface area contributed by atoms with Crippen LogP contribution in [0.3, 0.4) is 0 Å². The van der Waals surface area contributed by atoms with Crippen molar-refractivity contribution in [3.05, 3.63) is 42.0 Å². The Labute approximate surface area is 234 Å². The molecule has 0 heterocycles. The van der Waals surface area contributed by atoms with Gasteiger partial charge < -0.3 is 24.1 Å². The van der Waals surface area contributed by atoms with Gasteiger partial charge in [0.1, 0.15) is 19.3 Å². The van der Waals surface area contributed by atoms with Crippen LogP contribution in [0.5, 0.6) is 0 Å². The lowest BCUT2D eigenvalue weighted by Gasteiger charge is -2.32. The van der Waals surface area contributed by atoms with Crippen LogP contribution < -0.4 is 0 Å². The molecule has 39 heavy (non-hydrogen) atoms. The topological polar surface area (TPSA) is 108 Å². The highest BCUT2D eigenvalue weighted by atomic mass is 16.5. The number of rotatable bonds is 24. The van der Waals surface area contributed by atoms with E-state index in [0.29, 0.717) is 38.7 Å². The van der Waals surface area contributed by atoms with Crippen LogP contribution in [0.15, 0.2) is 36.4 Å². The van der Waals surface area contributed by atoms with Crippen molar-refractivity contribution in [3.63, 3.8) is 0 Å². The molecule has 0 aliphatic rings. The summed E-state index contributed by atoms with van der Waals surface area (Å²) in [5.74, 6) is -0.477. The monoisotopic (exact) mass is 548 g/mol. The van der Waals surface area contributed by atoms with E-state index in [9.17, 15) is 14.4 Å². The number of ether oxygens (including phenoxy) is 4. The van der Waals surface area contributed by atoms with E-state index < -0.39 is 17.5 Å². The molecular formula is C31H48O8. The molecule has 1 rings (SSSR count). The molecule has 8 heteroatoms. The molecule has 0 saturated heterocycles. The first-order valence-electron chi connectivity index (χ1n) is 14.1. The van der Waals surface area contributed by atoms with Crippen molar-refractivity contribution in [2.45, 2.75) is 77.7 Å². The molecule has 0 spiro atoms. The molecule has 220 valence electrons. The number of esters is 1. The number of carbonyl (C=O) groups excluding carboxylic acids is 3. The Kier molecular flexibility index (Phi) is 19.0. The summed E-state index contributed by atoms with van der Waals surface area (Å²) in [5.41, 5.74) is 0.176. The summed E-state index contributed by atoms with van der Waals surface area (Å²) in [6, 6.07) is 9.45. The van der Waals surface area contributed by atoms with Gasteiger partial charge in [-0.3, -0.25) is 9.59 Å². The molecule has 0 bridgehead atoms. The van der Waals surface area contributed by atoms with Gasteiger partial charge >= 0.3 is 5.97 Å². The van der Waals surface area contributed by atoms with Gasteiger partial charge in [0.25, 0.3) is 0 Å². The maximum atomic E-state index is 12.5. The highest BCUT2D eigenvalue weighted by Crippen LogP contribution is 2.25. The molecule has 8 nitrogen and oxygen atoms in total. The van der Waals surface area contributed by atoms with E-state index >= 15 is 0 Å². The van der Waals surface area contributed by atoms with E-state index in [4.69, 9.17) is 24.1 Å². The van der Waals surface area contributed by atoms with Crippen LogP contribution in [0.1, 0.15) is 77.2 Å². The van der Waals surface area contributed by atoms with Gasteiger partial charge in [-0.15, -0.1) is 0 Å². The number of aliphatic hydroxyl groups excluding tert-OH is 1. The van der Waals surface area contributed by atoms with E-state index in [0.717, 1.165) is 31.2 Å². The van der Waals surface area contributed by atoms with E-state index in [1.165, 1.54) is 6.08 Å². The molecule has 1 N–H and O–H groups in total. The Balaban J connectivity index is 2.70. The number of unbranched alkanes of at least 4 members (excludes halogenated alkanes) is 4. The van der Waals surface area contributed by atoms with Gasteiger partial charge in [0.05, 0.1) is 18.6 Å². The summed E-state index contributed by atoms with van der Waals surface area (Å²) >= 11 is 0. The zero-order valence-electron chi connectivity index (χ0n) is 24.0. The largest absolute Gasteiger partial charge is 0.462 e. The number of hydrogen-bond acceptors (Lipinski definition) is 8. The lowest BCUT2D eigenvalue weighted by atomic mass is 9.87. The third kappa shape index (κ3) is 16.3. The van der Waals surface area contributed by atoms with Crippen molar-refractivity contribution in [1.82, 2.24) is 0 Å². The lowest BCUT2D eigenvalue weighted by Crippen LogP contribution is -2.40. The standard InChI is InChI=1S/C31H48O8/c1-4-31(23-37-22-28(33)16-10-7-13-21-36-3,24-38-26(2)29(34)17-11-6-12-20-32)25-39-30(35)19-18-27-14-8-5-9-15-27/h5,8-9,14-15,18-19,26,32H,4,6-7,10-13,16-17,20-25H2,1-3H3/b19-18+. The summed E-state index contributed by atoms with van der Waals surface area (Å²) in [5, 5.41) is 8.91. The summed E-state index contributed by atoms with van der Waals surface area (Å²) in [4.78, 5) is 37.2. The molecule has 0 amide bonds. The van der Waals surface area contributed by atoms with Crippen LogP contribution in [-0.2, 0) is 33.3 Å². The van der Waals surface area contributed by atoms with Crippen molar-refractivity contribution in [2.24, 2.45) is 5.41 Å². The Hall–Kier alpha value is -2.39. The van der Waals surface area contributed by atoms with Crippen LogP contribution in [0.25, 0.3) is 6.08 Å². The SMILES string of the molecule is CCC(COCC(=O)CCCCCOC)(COC(=O)/C=C/c1ccccc1)COC(C)C(=O)CCCCCO. The number of ketones is 2. The van der Waals surface area contributed by atoms with Crippen molar-refractivity contribution in [2.75, 3.05) is 46.8 Å². The van der Waals surface area contributed by atoms with E-state index in [-0.39, 0.29) is 44.6 Å². The molecule has 0 fully saturated rings. The number of hydrogen-bond donors (Lipinski definition) is 1. The first-order chi connectivity index (χ1) is 18.9. The normalized spacial score (nSPS) is 13.7. The second kappa shape index (κ2) is 21.4. The second-order valence-electron chi connectivity index (χ2n) is 9.99. The smallest absolute Gasteiger partial charge is 0.330 e. The molecule has 1 aromatic carbocycles. The fourth-order valence-electron chi connectivity index (χ4n) is 3.82. The van der Waals surface area contributed by atoms with Crippen LogP contribution in [-0.4, -0.2) is 75.5 Å². The maximum absolute atomic E-state index is 12.5. The highest BCUT2D eigenvalue weighted by molar-refractivity contribution is 5.87. The van der Waals surface area contributed by atoms with Crippen molar-refractivity contribution in [1.29, 1.82) is 0 Å². The van der Waals surface area contributed by atoms with E-state index in [2.05, 4.69) is 0 Å². The van der Waals surface area contributed by atoms with Crippen LogP contribution in [0.2, 0.25) is 0 Å². The van der Waals surface area contributed by atoms with Crippen LogP contribution in [0, 0.1) is 5.41 Å². The van der Waals surface area contributed by atoms with Gasteiger partial charge in [0.15, 0.2) is 11.6 Å². The third-order valence-electron chi connectivity index (χ3n) is 6.63. The van der Waals surface area contributed by atoms with Gasteiger partial charge in [-0.05, 0) is 50.7 Å². The van der Waals surface area contributed by atoms with Gasteiger partial charge in [0, 0.05) is 39.2 Å². The summed E-state index contributed by atoms with van der Waals surface area (Å²) in [7, 11) is 1.66. The van der Waals surface area contributed by atoms with Gasteiger partial charge in [0.2, 0.25) is 0 Å². The molecule has 2 atom stereocenters. The Morgan fingerprint density at radius 1 is 0.949 bits per heavy atom. The minimum atomic E-state index is -0.708. The number of benzene rings is 1.